The topological polar surface area (TPSA) is 115 Å². The van der Waals surface area contributed by atoms with Gasteiger partial charge in [0.25, 0.3) is 5.91 Å². The van der Waals surface area contributed by atoms with Crippen molar-refractivity contribution in [2.24, 2.45) is 0 Å². The number of carbonyl (C=O) groups is 3. The Morgan fingerprint density at radius 1 is 0.925 bits per heavy atom. The lowest BCUT2D eigenvalue weighted by molar-refractivity contribution is -0.138. The van der Waals surface area contributed by atoms with Gasteiger partial charge < -0.3 is 19.9 Å². The first kappa shape index (κ1) is 28.6. The highest BCUT2D eigenvalue weighted by molar-refractivity contribution is 6.30. The van der Waals surface area contributed by atoms with Crippen LogP contribution in [0.1, 0.15) is 56.8 Å². The third kappa shape index (κ3) is 6.07. The molecule has 0 fully saturated rings. The van der Waals surface area contributed by atoms with Crippen LogP contribution in [0.5, 0.6) is 11.5 Å². The summed E-state index contributed by atoms with van der Waals surface area (Å²) >= 11 is 5.91. The molecule has 4 rings (SSSR count). The highest BCUT2D eigenvalue weighted by atomic mass is 35.5. The van der Waals surface area contributed by atoms with E-state index in [4.69, 9.17) is 21.1 Å². The van der Waals surface area contributed by atoms with E-state index in [-0.39, 0.29) is 17.4 Å². The van der Waals surface area contributed by atoms with Crippen molar-refractivity contribution in [2.75, 3.05) is 20.8 Å². The van der Waals surface area contributed by atoms with Crippen molar-refractivity contribution in [3.63, 3.8) is 0 Å². The number of aliphatic carboxylic acids is 1. The van der Waals surface area contributed by atoms with Gasteiger partial charge in [-0.25, -0.2) is 0 Å². The normalized spacial score (nSPS) is 11.6. The summed E-state index contributed by atoms with van der Waals surface area (Å²) in [6.45, 7) is 2.23. The van der Waals surface area contributed by atoms with E-state index in [9.17, 15) is 19.5 Å². The fourth-order valence-electron chi connectivity index (χ4n) is 4.56. The van der Waals surface area contributed by atoms with Gasteiger partial charge in [-0.1, -0.05) is 42.8 Å². The molecule has 0 bridgehead atoms. The standard InChI is InChI=1S/C31H29ClN2O6/c1-4-22(31(37)38)25-17-34-28(24-16-27(40-3)26(39-2)15-23(24)25)29(35)19-7-9-20(10-8-19)30(36)33-14-13-18-5-11-21(32)12-6-18/h5-12,15-17,22H,4,13-14H2,1-3H3,(H,33,36)(H,37,38). The monoisotopic (exact) mass is 560 g/mol. The summed E-state index contributed by atoms with van der Waals surface area (Å²) < 4.78 is 10.9. The molecule has 1 amide bonds. The van der Waals surface area contributed by atoms with Gasteiger partial charge in [-0.15, -0.1) is 0 Å². The Kier molecular flexibility index (Phi) is 9.01. The first-order valence-corrected chi connectivity index (χ1v) is 13.1. The largest absolute Gasteiger partial charge is 0.493 e. The van der Waals surface area contributed by atoms with E-state index in [0.717, 1.165) is 5.56 Å². The maximum atomic E-state index is 13.6. The first-order valence-electron chi connectivity index (χ1n) is 12.7. The van der Waals surface area contributed by atoms with Crippen LogP contribution in [0.4, 0.5) is 0 Å². The van der Waals surface area contributed by atoms with E-state index in [1.54, 1.807) is 55.5 Å². The van der Waals surface area contributed by atoms with Gasteiger partial charge in [0.05, 0.1) is 20.1 Å². The molecule has 0 radical (unpaired) electrons. The number of ketones is 1. The summed E-state index contributed by atoms with van der Waals surface area (Å²) in [5, 5.41) is 14.3. The number of hydrogen-bond acceptors (Lipinski definition) is 6. The van der Waals surface area contributed by atoms with Gasteiger partial charge in [-0.3, -0.25) is 19.4 Å². The van der Waals surface area contributed by atoms with Crippen molar-refractivity contribution >= 4 is 40.0 Å². The Balaban J connectivity index is 1.60. The lowest BCUT2D eigenvalue weighted by Crippen LogP contribution is -2.25. The second-order valence-electron chi connectivity index (χ2n) is 9.15. The second kappa shape index (κ2) is 12.6. The van der Waals surface area contributed by atoms with Crippen LogP contribution in [0.2, 0.25) is 5.02 Å². The second-order valence-corrected chi connectivity index (χ2v) is 9.59. The number of pyridine rings is 1. The van der Waals surface area contributed by atoms with E-state index in [0.29, 0.717) is 63.4 Å². The molecular formula is C31H29ClN2O6. The number of rotatable bonds is 11. The Bertz CT molecular complexity index is 1550. The molecule has 0 aliphatic heterocycles. The number of benzene rings is 3. The van der Waals surface area contributed by atoms with E-state index in [1.807, 2.05) is 12.1 Å². The minimum Gasteiger partial charge on any atom is -0.493 e. The molecule has 40 heavy (non-hydrogen) atoms. The van der Waals surface area contributed by atoms with Crippen LogP contribution in [0.15, 0.2) is 66.9 Å². The van der Waals surface area contributed by atoms with Gasteiger partial charge in [0.2, 0.25) is 5.78 Å². The van der Waals surface area contributed by atoms with Crippen LogP contribution in [-0.2, 0) is 11.2 Å². The van der Waals surface area contributed by atoms with Gasteiger partial charge in [0.1, 0.15) is 5.69 Å². The highest BCUT2D eigenvalue weighted by Crippen LogP contribution is 2.38. The van der Waals surface area contributed by atoms with Gasteiger partial charge >= 0.3 is 5.97 Å². The Morgan fingerprint density at radius 2 is 1.52 bits per heavy atom. The number of methoxy groups -OCH3 is 2. The minimum absolute atomic E-state index is 0.139. The van der Waals surface area contributed by atoms with Gasteiger partial charge in [-0.05, 0) is 65.8 Å². The molecule has 1 heterocycles. The SMILES string of the molecule is CCC(C(=O)O)c1cnc(C(=O)c2ccc(C(=O)NCCc3ccc(Cl)cc3)cc2)c2cc(OC)c(OC)cc12. The van der Waals surface area contributed by atoms with E-state index in [1.165, 1.54) is 20.4 Å². The lowest BCUT2D eigenvalue weighted by atomic mass is 9.91. The molecule has 3 aromatic carbocycles. The lowest BCUT2D eigenvalue weighted by Gasteiger charge is -2.17. The van der Waals surface area contributed by atoms with Crippen LogP contribution >= 0.6 is 11.6 Å². The maximum Gasteiger partial charge on any atom is 0.311 e. The molecule has 1 atom stereocenters. The summed E-state index contributed by atoms with van der Waals surface area (Å²) in [5.74, 6) is -1.63. The number of ether oxygens (including phenoxy) is 2. The number of nitrogens with one attached hydrogen (secondary N) is 1. The highest BCUT2D eigenvalue weighted by Gasteiger charge is 2.25. The fourth-order valence-corrected chi connectivity index (χ4v) is 4.68. The molecule has 0 aliphatic carbocycles. The smallest absolute Gasteiger partial charge is 0.311 e. The van der Waals surface area contributed by atoms with E-state index < -0.39 is 11.9 Å². The number of fused-ring (bicyclic) bond motifs is 1. The molecule has 4 aromatic rings. The minimum atomic E-state index is -0.985. The maximum absolute atomic E-state index is 13.6. The summed E-state index contributed by atoms with van der Waals surface area (Å²) in [4.78, 5) is 42.5. The van der Waals surface area contributed by atoms with Crippen molar-refractivity contribution in [1.29, 1.82) is 0 Å². The van der Waals surface area contributed by atoms with Crippen LogP contribution < -0.4 is 14.8 Å². The predicted molar refractivity (Wildman–Crippen MR) is 153 cm³/mol. The third-order valence-corrected chi connectivity index (χ3v) is 6.99. The number of carbonyl (C=O) groups excluding carboxylic acids is 2. The number of halogens is 1. The summed E-state index contributed by atoms with van der Waals surface area (Å²) in [6, 6.07) is 17.1. The molecule has 0 aliphatic rings. The molecule has 8 nitrogen and oxygen atoms in total. The first-order chi connectivity index (χ1) is 19.3. The summed E-state index contributed by atoms with van der Waals surface area (Å²) in [7, 11) is 2.97. The van der Waals surface area contributed by atoms with E-state index >= 15 is 0 Å². The number of carboxylic acids is 1. The molecule has 206 valence electrons. The molecule has 0 saturated carbocycles. The molecule has 0 saturated heterocycles. The molecule has 1 aromatic heterocycles. The van der Waals surface area contributed by atoms with Crippen molar-refractivity contribution < 1.29 is 29.0 Å². The molecule has 0 spiro atoms. The number of hydrogen-bond donors (Lipinski definition) is 2. The summed E-state index contributed by atoms with van der Waals surface area (Å²) in [6.07, 6.45) is 2.44. The van der Waals surface area contributed by atoms with Crippen molar-refractivity contribution in [3.05, 3.63) is 99.8 Å². The van der Waals surface area contributed by atoms with E-state index in [2.05, 4.69) is 10.3 Å². The van der Waals surface area contributed by atoms with Gasteiger partial charge in [0.15, 0.2) is 11.5 Å². The van der Waals surface area contributed by atoms with Crippen LogP contribution in [0, 0.1) is 0 Å². The predicted octanol–water partition coefficient (Wildman–Crippen LogP) is 5.69. The van der Waals surface area contributed by atoms with Crippen molar-refractivity contribution in [2.45, 2.75) is 25.7 Å². The molecule has 2 N–H and O–H groups in total. The average molecular weight is 561 g/mol. The van der Waals surface area contributed by atoms with Crippen molar-refractivity contribution in [1.82, 2.24) is 10.3 Å². The van der Waals surface area contributed by atoms with Crippen LogP contribution in [0.25, 0.3) is 10.8 Å². The number of amides is 1. The van der Waals surface area contributed by atoms with Crippen LogP contribution in [0.3, 0.4) is 0 Å². The zero-order chi connectivity index (χ0) is 28.8. The van der Waals surface area contributed by atoms with Crippen LogP contribution in [-0.4, -0.2) is 48.5 Å². The zero-order valence-electron chi connectivity index (χ0n) is 22.4. The quantitative estimate of drug-likeness (QED) is 0.226. The average Bonchev–Trinajstić information content (AvgIpc) is 2.97. The number of aromatic nitrogens is 1. The Hall–Kier alpha value is -4.43. The fraction of sp³-hybridized carbons (Fsp3) is 0.226. The van der Waals surface area contributed by atoms with Gasteiger partial charge in [0, 0.05) is 34.3 Å². The summed E-state index contributed by atoms with van der Waals surface area (Å²) in [5.41, 5.74) is 2.42. The molecular weight excluding hydrogens is 532 g/mol. The third-order valence-electron chi connectivity index (χ3n) is 6.74. The number of nitrogens with zero attached hydrogens (tertiary/aromatic N) is 1. The molecule has 9 heteroatoms. The van der Waals surface area contributed by atoms with Crippen molar-refractivity contribution in [3.8, 4) is 11.5 Å². The zero-order valence-corrected chi connectivity index (χ0v) is 23.1. The molecule has 1 unspecified atom stereocenters. The number of carboxylic acid groups (broad SMARTS) is 1. The Morgan fingerprint density at radius 3 is 2.10 bits per heavy atom. The van der Waals surface area contributed by atoms with Gasteiger partial charge in [-0.2, -0.15) is 0 Å². The Labute approximate surface area is 236 Å².